The van der Waals surface area contributed by atoms with Crippen molar-refractivity contribution in [3.05, 3.63) is 24.2 Å². The van der Waals surface area contributed by atoms with Crippen LogP contribution in [0.5, 0.6) is 0 Å². The number of esters is 3. The number of aromatic nitrogens is 3. The summed E-state index contributed by atoms with van der Waals surface area (Å²) < 4.78 is 30.9. The summed E-state index contributed by atoms with van der Waals surface area (Å²) in [5, 5.41) is 17.7. The third-order valence-electron chi connectivity index (χ3n) is 7.62. The van der Waals surface area contributed by atoms with Crippen LogP contribution in [0.3, 0.4) is 0 Å². The third-order valence-corrected chi connectivity index (χ3v) is 7.62. The van der Waals surface area contributed by atoms with Gasteiger partial charge in [0.05, 0.1) is 30.9 Å². The maximum Gasteiger partial charge on any atom is 0.323 e. The molecule has 0 bridgehead atoms. The highest BCUT2D eigenvalue weighted by atomic mass is 16.7. The topological polar surface area (TPSA) is 193 Å². The van der Waals surface area contributed by atoms with Crippen LogP contribution < -0.4 is 11.1 Å². The second-order valence-electron chi connectivity index (χ2n) is 11.8. The fraction of sp³-hybridized carbons (Fsp3) is 0.655. The van der Waals surface area contributed by atoms with Gasteiger partial charge in [-0.2, -0.15) is 10.4 Å². The number of ether oxygens (including phenoxy) is 5. The summed E-state index contributed by atoms with van der Waals surface area (Å²) in [5.41, 5.74) is 4.98. The van der Waals surface area contributed by atoms with Crippen molar-refractivity contribution >= 4 is 29.2 Å². The molecule has 2 aromatic heterocycles. The van der Waals surface area contributed by atoms with Crippen molar-refractivity contribution < 1.29 is 38.1 Å². The Kier molecular flexibility index (Phi) is 10.4. The first-order valence-electron chi connectivity index (χ1n) is 14.6. The highest BCUT2D eigenvalue weighted by Gasteiger charge is 2.61. The molecule has 0 unspecified atom stereocenters. The van der Waals surface area contributed by atoms with E-state index in [1.165, 1.54) is 10.8 Å². The molecule has 2 fully saturated rings. The van der Waals surface area contributed by atoms with Crippen LogP contribution in [0.15, 0.2) is 18.5 Å². The molecule has 44 heavy (non-hydrogen) atoms. The molecule has 0 saturated carbocycles. The molecule has 4 heterocycles. The second-order valence-corrected chi connectivity index (χ2v) is 11.8. The van der Waals surface area contributed by atoms with Gasteiger partial charge in [0.1, 0.15) is 36.2 Å². The Morgan fingerprint density at radius 1 is 1.14 bits per heavy atom. The van der Waals surface area contributed by atoms with Crippen molar-refractivity contribution in [1.82, 2.24) is 24.8 Å². The van der Waals surface area contributed by atoms with Crippen molar-refractivity contribution in [1.29, 1.82) is 5.26 Å². The number of likely N-dealkylation sites (N-methyl/N-ethyl adjacent to an activating group) is 1. The van der Waals surface area contributed by atoms with Crippen molar-refractivity contribution in [3.8, 4) is 6.07 Å². The van der Waals surface area contributed by atoms with Crippen LogP contribution in [0.4, 0.5) is 5.82 Å². The summed E-state index contributed by atoms with van der Waals surface area (Å²) >= 11 is 0. The number of nitrogens with one attached hydrogen (secondary N) is 1. The Morgan fingerprint density at radius 3 is 2.48 bits per heavy atom. The van der Waals surface area contributed by atoms with Gasteiger partial charge in [0.15, 0.2) is 18.0 Å². The van der Waals surface area contributed by atoms with E-state index in [0.717, 1.165) is 13.0 Å². The number of hydrogen-bond donors (Lipinski definition) is 2. The molecule has 15 heteroatoms. The van der Waals surface area contributed by atoms with Gasteiger partial charge in [-0.1, -0.05) is 27.7 Å². The Hall–Kier alpha value is -3.84. The molecule has 2 aliphatic heterocycles. The van der Waals surface area contributed by atoms with Gasteiger partial charge in [-0.25, -0.2) is 9.50 Å². The highest BCUT2D eigenvalue weighted by Crippen LogP contribution is 2.44. The molecule has 2 aromatic rings. The number of rotatable bonds is 12. The van der Waals surface area contributed by atoms with Crippen molar-refractivity contribution in [2.24, 2.45) is 11.8 Å². The predicted octanol–water partition coefficient (Wildman–Crippen LogP) is 0.980. The van der Waals surface area contributed by atoms with Gasteiger partial charge in [-0.15, -0.1) is 0 Å². The SMILES string of the molecule is CC(C)C(=O)O[C@H]1[C@H](c2ccc3c(N)ncnn23)O[C@](C#N)(COCN[C@@H](C)C(=O)O[C@@H]2CCN(C)C2)[C@H]1OC(=O)C(C)C. The number of fused-ring (bicyclic) bond motifs is 1. The van der Waals surface area contributed by atoms with Crippen LogP contribution in [-0.2, 0) is 38.1 Å². The molecule has 0 amide bonds. The first kappa shape index (κ1) is 33.1. The maximum atomic E-state index is 12.9. The van der Waals surface area contributed by atoms with Gasteiger partial charge in [-0.3, -0.25) is 19.7 Å². The fourth-order valence-corrected chi connectivity index (χ4v) is 4.98. The number of carbonyl (C=O) groups excluding carboxylic acids is 3. The van der Waals surface area contributed by atoms with Gasteiger partial charge in [0.25, 0.3) is 0 Å². The molecular formula is C29H41N7O8. The Balaban J connectivity index is 1.58. The minimum atomic E-state index is -1.90. The number of hydrogen-bond acceptors (Lipinski definition) is 14. The zero-order valence-electron chi connectivity index (χ0n) is 25.9. The molecule has 2 saturated heterocycles. The molecule has 240 valence electrons. The molecule has 2 aliphatic rings. The van der Waals surface area contributed by atoms with Crippen LogP contribution in [0.25, 0.3) is 5.52 Å². The third kappa shape index (κ3) is 7.10. The van der Waals surface area contributed by atoms with Crippen molar-refractivity contribution in [2.75, 3.05) is 39.2 Å². The van der Waals surface area contributed by atoms with Gasteiger partial charge in [-0.05, 0) is 32.5 Å². The molecule has 6 atom stereocenters. The van der Waals surface area contributed by atoms with Crippen LogP contribution in [-0.4, -0.2) is 101 Å². The number of likely N-dealkylation sites (tertiary alicyclic amines) is 1. The smallest absolute Gasteiger partial charge is 0.323 e. The second kappa shape index (κ2) is 13.9. The normalized spacial score (nSPS) is 26.2. The fourth-order valence-electron chi connectivity index (χ4n) is 4.98. The lowest BCUT2D eigenvalue weighted by Gasteiger charge is -2.29. The maximum absolute atomic E-state index is 12.9. The molecular weight excluding hydrogens is 574 g/mol. The minimum Gasteiger partial charge on any atom is -0.460 e. The van der Waals surface area contributed by atoms with Gasteiger partial charge in [0, 0.05) is 13.1 Å². The summed E-state index contributed by atoms with van der Waals surface area (Å²) in [6, 6.07) is 4.75. The molecule has 0 spiro atoms. The van der Waals surface area contributed by atoms with E-state index in [1.54, 1.807) is 46.8 Å². The van der Waals surface area contributed by atoms with Crippen molar-refractivity contribution in [2.45, 2.75) is 77.1 Å². The lowest BCUT2D eigenvalue weighted by Crippen LogP contribution is -2.50. The summed E-state index contributed by atoms with van der Waals surface area (Å²) in [6.07, 6.45) is -1.86. The first-order valence-corrected chi connectivity index (χ1v) is 14.6. The zero-order valence-corrected chi connectivity index (χ0v) is 25.9. The largest absolute Gasteiger partial charge is 0.460 e. The number of nitrogen functional groups attached to an aromatic ring is 1. The Labute approximate surface area is 255 Å². The number of carbonyl (C=O) groups is 3. The van der Waals surface area contributed by atoms with Crippen LogP contribution >= 0.6 is 0 Å². The zero-order chi connectivity index (χ0) is 32.2. The van der Waals surface area contributed by atoms with Gasteiger partial charge >= 0.3 is 17.9 Å². The van der Waals surface area contributed by atoms with Crippen molar-refractivity contribution in [3.63, 3.8) is 0 Å². The quantitative estimate of drug-likeness (QED) is 0.148. The minimum absolute atomic E-state index is 0.155. The first-order chi connectivity index (χ1) is 20.9. The standard InChI is InChI=1S/C29H41N7O8/c1-16(2)26(37)42-23-22(20-7-8-21-25(31)32-14-34-36(20)21)44-29(12-30,24(23)43-27(38)17(3)4)13-40-15-33-18(5)28(39)41-19-9-10-35(6)11-19/h7-8,14,16-19,22-24,33H,9-11,13,15H2,1-6H3,(H2,31,32,34)/t18-,19+,22-,23-,24-,29+/m0/s1. The van der Waals surface area contributed by atoms with E-state index < -0.39 is 66.3 Å². The average molecular weight is 616 g/mol. The Morgan fingerprint density at radius 2 is 1.84 bits per heavy atom. The van der Waals surface area contributed by atoms with E-state index >= 15 is 0 Å². The van der Waals surface area contributed by atoms with Crippen LogP contribution in [0.1, 0.15) is 52.8 Å². The number of nitrogens with two attached hydrogens (primary N) is 1. The number of nitrogens with zero attached hydrogens (tertiary/aromatic N) is 5. The van der Waals surface area contributed by atoms with Gasteiger partial charge in [0.2, 0.25) is 5.60 Å². The summed E-state index contributed by atoms with van der Waals surface area (Å²) in [7, 11) is 1.96. The molecule has 15 nitrogen and oxygen atoms in total. The van der Waals surface area contributed by atoms with E-state index in [1.807, 2.05) is 7.05 Å². The molecule has 4 rings (SSSR count). The highest BCUT2D eigenvalue weighted by molar-refractivity contribution is 5.75. The van der Waals surface area contributed by atoms with Crippen LogP contribution in [0, 0.1) is 23.2 Å². The molecule has 3 N–H and O–H groups in total. The van der Waals surface area contributed by atoms with E-state index in [4.69, 9.17) is 29.4 Å². The number of nitriles is 1. The summed E-state index contributed by atoms with van der Waals surface area (Å²) in [6.45, 7) is 9.23. The van der Waals surface area contributed by atoms with Gasteiger partial charge < -0.3 is 34.3 Å². The molecule has 0 radical (unpaired) electrons. The number of anilines is 1. The monoisotopic (exact) mass is 615 g/mol. The summed E-state index contributed by atoms with van der Waals surface area (Å²) in [5.74, 6) is -2.50. The van der Waals surface area contributed by atoms with Crippen LogP contribution in [0.2, 0.25) is 0 Å². The lowest BCUT2D eigenvalue weighted by molar-refractivity contribution is -0.175. The van der Waals surface area contributed by atoms with E-state index in [2.05, 4.69) is 26.4 Å². The summed E-state index contributed by atoms with van der Waals surface area (Å²) in [4.78, 5) is 44.4. The average Bonchev–Trinajstić information content (AvgIpc) is 3.67. The molecule has 0 aromatic carbocycles. The van der Waals surface area contributed by atoms with E-state index in [0.29, 0.717) is 17.8 Å². The predicted molar refractivity (Wildman–Crippen MR) is 154 cm³/mol. The van der Waals surface area contributed by atoms with E-state index in [-0.39, 0.29) is 18.7 Å². The Bertz CT molecular complexity index is 1390. The lowest BCUT2D eigenvalue weighted by atomic mass is 9.95. The van der Waals surface area contributed by atoms with E-state index in [9.17, 15) is 19.6 Å². The molecule has 0 aliphatic carbocycles.